The number of hydrogen-bond donors (Lipinski definition) is 1. The van der Waals surface area contributed by atoms with Crippen molar-refractivity contribution in [2.75, 3.05) is 24.3 Å². The van der Waals surface area contributed by atoms with E-state index in [1.54, 1.807) is 0 Å². The van der Waals surface area contributed by atoms with E-state index in [-0.39, 0.29) is 0 Å². The van der Waals surface area contributed by atoms with Crippen molar-refractivity contribution in [3.8, 4) is 0 Å². The van der Waals surface area contributed by atoms with Crippen molar-refractivity contribution in [3.63, 3.8) is 0 Å². The van der Waals surface area contributed by atoms with Gasteiger partial charge in [-0.25, -0.2) is 19.9 Å². The second kappa shape index (κ2) is 6.86. The SMILES string of the molecule is CNc1ncc(CN(C)c2nc(C3CCCC3)nc3c2cnn3C)cn1. The van der Waals surface area contributed by atoms with Gasteiger partial charge in [0.15, 0.2) is 5.65 Å². The maximum atomic E-state index is 4.93. The first kappa shape index (κ1) is 16.7. The monoisotopic (exact) mass is 352 g/mol. The lowest BCUT2D eigenvalue weighted by Gasteiger charge is -2.20. The molecule has 136 valence electrons. The van der Waals surface area contributed by atoms with Crippen LogP contribution in [0.15, 0.2) is 18.6 Å². The molecule has 8 heteroatoms. The van der Waals surface area contributed by atoms with Crippen LogP contribution in [-0.2, 0) is 13.6 Å². The van der Waals surface area contributed by atoms with Crippen LogP contribution >= 0.6 is 0 Å². The quantitative estimate of drug-likeness (QED) is 0.755. The van der Waals surface area contributed by atoms with Crippen LogP contribution in [0, 0.1) is 0 Å². The van der Waals surface area contributed by atoms with Crippen molar-refractivity contribution in [2.24, 2.45) is 7.05 Å². The normalized spacial score (nSPS) is 14.9. The van der Waals surface area contributed by atoms with Crippen molar-refractivity contribution in [3.05, 3.63) is 30.0 Å². The molecule has 4 rings (SSSR count). The number of rotatable bonds is 5. The number of hydrogen-bond acceptors (Lipinski definition) is 7. The molecule has 1 N–H and O–H groups in total. The van der Waals surface area contributed by atoms with Crippen LogP contribution in [0.5, 0.6) is 0 Å². The zero-order valence-corrected chi connectivity index (χ0v) is 15.5. The van der Waals surface area contributed by atoms with Gasteiger partial charge in [0.2, 0.25) is 5.95 Å². The fourth-order valence-electron chi connectivity index (χ4n) is 3.60. The smallest absolute Gasteiger partial charge is 0.222 e. The number of nitrogens with one attached hydrogen (secondary N) is 1. The van der Waals surface area contributed by atoms with Crippen molar-refractivity contribution in [2.45, 2.75) is 38.1 Å². The summed E-state index contributed by atoms with van der Waals surface area (Å²) in [6.45, 7) is 0.676. The molecule has 1 fully saturated rings. The van der Waals surface area contributed by atoms with Gasteiger partial charge in [0.05, 0.1) is 11.6 Å². The second-order valence-electron chi connectivity index (χ2n) is 6.91. The fourth-order valence-corrected chi connectivity index (χ4v) is 3.60. The lowest BCUT2D eigenvalue weighted by atomic mass is 10.1. The highest BCUT2D eigenvalue weighted by Crippen LogP contribution is 2.34. The Hall–Kier alpha value is -2.77. The molecule has 26 heavy (non-hydrogen) atoms. The third kappa shape index (κ3) is 3.07. The first-order valence-electron chi connectivity index (χ1n) is 9.05. The van der Waals surface area contributed by atoms with Crippen LogP contribution in [0.25, 0.3) is 11.0 Å². The number of nitrogens with zero attached hydrogens (tertiary/aromatic N) is 7. The predicted molar refractivity (Wildman–Crippen MR) is 101 cm³/mol. The van der Waals surface area contributed by atoms with E-state index in [1.165, 1.54) is 25.7 Å². The predicted octanol–water partition coefficient (Wildman–Crippen LogP) is 2.49. The summed E-state index contributed by atoms with van der Waals surface area (Å²) in [6, 6.07) is 0. The van der Waals surface area contributed by atoms with Gasteiger partial charge in [-0.15, -0.1) is 0 Å². The van der Waals surface area contributed by atoms with Crippen LogP contribution in [0.4, 0.5) is 11.8 Å². The van der Waals surface area contributed by atoms with Crippen molar-refractivity contribution < 1.29 is 0 Å². The van der Waals surface area contributed by atoms with E-state index in [0.29, 0.717) is 18.4 Å². The number of aromatic nitrogens is 6. The molecule has 1 aliphatic carbocycles. The van der Waals surface area contributed by atoms with Crippen LogP contribution in [-0.4, -0.2) is 43.8 Å². The average Bonchev–Trinajstić information content (AvgIpc) is 3.32. The van der Waals surface area contributed by atoms with Gasteiger partial charge in [0, 0.05) is 51.6 Å². The van der Waals surface area contributed by atoms with Crippen molar-refractivity contribution in [1.29, 1.82) is 0 Å². The van der Waals surface area contributed by atoms with Crippen LogP contribution in [0.2, 0.25) is 0 Å². The highest BCUT2D eigenvalue weighted by Gasteiger charge is 2.23. The summed E-state index contributed by atoms with van der Waals surface area (Å²) in [6.07, 6.45) is 10.4. The third-order valence-electron chi connectivity index (χ3n) is 5.02. The molecule has 3 heterocycles. The van der Waals surface area contributed by atoms with E-state index in [2.05, 4.69) is 25.3 Å². The molecule has 0 aromatic carbocycles. The fraction of sp³-hybridized carbons (Fsp3) is 0.500. The van der Waals surface area contributed by atoms with Gasteiger partial charge in [-0.05, 0) is 12.8 Å². The summed E-state index contributed by atoms with van der Waals surface area (Å²) < 4.78 is 1.83. The molecule has 8 nitrogen and oxygen atoms in total. The van der Waals surface area contributed by atoms with E-state index in [9.17, 15) is 0 Å². The third-order valence-corrected chi connectivity index (χ3v) is 5.02. The van der Waals surface area contributed by atoms with Gasteiger partial charge in [0.25, 0.3) is 0 Å². The molecule has 0 saturated heterocycles. The van der Waals surface area contributed by atoms with E-state index in [0.717, 1.165) is 28.2 Å². The van der Waals surface area contributed by atoms with Gasteiger partial charge in [0.1, 0.15) is 11.6 Å². The van der Waals surface area contributed by atoms with E-state index < -0.39 is 0 Å². The van der Waals surface area contributed by atoms with Crippen LogP contribution in [0.1, 0.15) is 43.0 Å². The molecule has 0 unspecified atom stereocenters. The van der Waals surface area contributed by atoms with E-state index >= 15 is 0 Å². The van der Waals surface area contributed by atoms with Crippen molar-refractivity contribution in [1.82, 2.24) is 29.7 Å². The summed E-state index contributed by atoms with van der Waals surface area (Å²) in [5.74, 6) is 2.95. The number of fused-ring (bicyclic) bond motifs is 1. The minimum absolute atomic E-state index is 0.458. The Labute approximate surface area is 152 Å². The van der Waals surface area contributed by atoms with E-state index in [4.69, 9.17) is 9.97 Å². The summed E-state index contributed by atoms with van der Waals surface area (Å²) in [4.78, 5) is 20.5. The molecular formula is C18H24N8. The average molecular weight is 352 g/mol. The Morgan fingerprint density at radius 1 is 1.15 bits per heavy atom. The first-order chi connectivity index (χ1) is 12.7. The first-order valence-corrected chi connectivity index (χ1v) is 9.05. The Morgan fingerprint density at radius 3 is 2.58 bits per heavy atom. The minimum atomic E-state index is 0.458. The van der Waals surface area contributed by atoms with Gasteiger partial charge in [-0.2, -0.15) is 5.10 Å². The Bertz CT molecular complexity index is 895. The molecule has 1 saturated carbocycles. The topological polar surface area (TPSA) is 84.7 Å². The van der Waals surface area contributed by atoms with Crippen LogP contribution < -0.4 is 10.2 Å². The molecule has 1 aliphatic rings. The lowest BCUT2D eigenvalue weighted by Crippen LogP contribution is -2.20. The van der Waals surface area contributed by atoms with Gasteiger partial charge >= 0.3 is 0 Å². The Balaban J connectivity index is 1.68. The molecule has 0 spiro atoms. The van der Waals surface area contributed by atoms with E-state index in [1.807, 2.05) is 44.4 Å². The number of anilines is 2. The molecule has 3 aromatic heterocycles. The summed E-state index contributed by atoms with van der Waals surface area (Å²) >= 11 is 0. The second-order valence-corrected chi connectivity index (χ2v) is 6.91. The highest BCUT2D eigenvalue weighted by molar-refractivity contribution is 5.86. The zero-order chi connectivity index (χ0) is 18.1. The Kier molecular flexibility index (Phi) is 4.40. The Morgan fingerprint density at radius 2 is 1.88 bits per heavy atom. The maximum absolute atomic E-state index is 4.93. The molecule has 0 atom stereocenters. The van der Waals surface area contributed by atoms with Gasteiger partial charge < -0.3 is 10.2 Å². The molecule has 0 bridgehead atoms. The molecule has 3 aromatic rings. The number of aryl methyl sites for hydroxylation is 1. The minimum Gasteiger partial charge on any atom is -0.357 e. The molecular weight excluding hydrogens is 328 g/mol. The molecule has 0 amide bonds. The summed E-state index contributed by atoms with van der Waals surface area (Å²) in [5, 5.41) is 8.30. The van der Waals surface area contributed by atoms with Gasteiger partial charge in [-0.1, -0.05) is 12.8 Å². The van der Waals surface area contributed by atoms with Gasteiger partial charge in [-0.3, -0.25) is 4.68 Å². The zero-order valence-electron chi connectivity index (χ0n) is 15.5. The highest BCUT2D eigenvalue weighted by atomic mass is 15.3. The van der Waals surface area contributed by atoms with Crippen molar-refractivity contribution >= 4 is 22.8 Å². The standard InChI is InChI=1S/C18H24N8/c1-19-18-20-8-12(9-21-18)11-25(2)16-14-10-22-26(3)17(14)24-15(23-16)13-6-4-5-7-13/h8-10,13H,4-7,11H2,1-3H3,(H,19,20,21). The lowest BCUT2D eigenvalue weighted by molar-refractivity contribution is 0.664. The molecule has 0 radical (unpaired) electrons. The largest absolute Gasteiger partial charge is 0.357 e. The summed E-state index contributed by atoms with van der Waals surface area (Å²) in [5.41, 5.74) is 1.93. The summed E-state index contributed by atoms with van der Waals surface area (Å²) in [7, 11) is 5.78. The van der Waals surface area contributed by atoms with Crippen LogP contribution in [0.3, 0.4) is 0 Å². The maximum Gasteiger partial charge on any atom is 0.222 e. The molecule has 0 aliphatic heterocycles.